The second-order valence-corrected chi connectivity index (χ2v) is 6.37. The molecular formula is C15H15ClN2S. The Kier molecular flexibility index (Phi) is 3.27. The minimum atomic E-state index is 0.615. The van der Waals surface area contributed by atoms with E-state index >= 15 is 0 Å². The summed E-state index contributed by atoms with van der Waals surface area (Å²) in [5.74, 6) is 2.63. The van der Waals surface area contributed by atoms with E-state index in [0.29, 0.717) is 5.15 Å². The van der Waals surface area contributed by atoms with Crippen molar-refractivity contribution >= 4 is 23.4 Å². The molecule has 0 aliphatic carbocycles. The molecule has 0 bridgehead atoms. The van der Waals surface area contributed by atoms with Crippen molar-refractivity contribution in [2.24, 2.45) is 0 Å². The highest BCUT2D eigenvalue weighted by molar-refractivity contribution is 7.98. The molecule has 0 unspecified atom stereocenters. The third-order valence-electron chi connectivity index (χ3n) is 3.43. The summed E-state index contributed by atoms with van der Waals surface area (Å²) in [6.45, 7) is 6.32. The van der Waals surface area contributed by atoms with Gasteiger partial charge < -0.3 is 0 Å². The Bertz CT molecular complexity index is 644. The molecule has 0 saturated heterocycles. The van der Waals surface area contributed by atoms with Crippen LogP contribution in [-0.2, 0) is 11.5 Å². The molecule has 2 heterocycles. The molecule has 0 radical (unpaired) electrons. The van der Waals surface area contributed by atoms with Crippen LogP contribution in [0.5, 0.6) is 0 Å². The highest BCUT2D eigenvalue weighted by atomic mass is 35.5. The van der Waals surface area contributed by atoms with Crippen LogP contribution in [0.3, 0.4) is 0 Å². The van der Waals surface area contributed by atoms with Crippen molar-refractivity contribution in [3.05, 3.63) is 45.2 Å². The van der Waals surface area contributed by atoms with Gasteiger partial charge in [0.25, 0.3) is 0 Å². The molecule has 0 fully saturated rings. The molecule has 19 heavy (non-hydrogen) atoms. The van der Waals surface area contributed by atoms with Gasteiger partial charge >= 0.3 is 0 Å². The first kappa shape index (κ1) is 12.9. The van der Waals surface area contributed by atoms with Crippen molar-refractivity contribution < 1.29 is 0 Å². The lowest BCUT2D eigenvalue weighted by molar-refractivity contribution is 1.06. The maximum atomic E-state index is 6.30. The van der Waals surface area contributed by atoms with E-state index in [9.17, 15) is 0 Å². The third-order valence-corrected chi connectivity index (χ3v) is 4.71. The Morgan fingerprint density at radius 2 is 1.74 bits per heavy atom. The van der Waals surface area contributed by atoms with Crippen LogP contribution in [0.25, 0.3) is 11.4 Å². The number of rotatable bonds is 1. The fourth-order valence-corrected chi connectivity index (χ4v) is 4.03. The molecule has 2 aromatic rings. The second-order valence-electron chi connectivity index (χ2n) is 5.03. The average Bonchev–Trinajstić information content (AvgIpc) is 2.76. The molecule has 2 nitrogen and oxygen atoms in total. The Hall–Kier alpha value is -1.06. The molecular weight excluding hydrogens is 276 g/mol. The first-order chi connectivity index (χ1) is 9.06. The Balaban J connectivity index is 2.21. The zero-order valence-corrected chi connectivity index (χ0v) is 12.8. The second kappa shape index (κ2) is 4.80. The summed E-state index contributed by atoms with van der Waals surface area (Å²) >= 11 is 8.14. The van der Waals surface area contributed by atoms with E-state index in [1.165, 1.54) is 16.7 Å². The lowest BCUT2D eigenvalue weighted by Crippen LogP contribution is -2.00. The van der Waals surface area contributed by atoms with Crippen molar-refractivity contribution in [3.63, 3.8) is 0 Å². The minimum absolute atomic E-state index is 0.615. The van der Waals surface area contributed by atoms with E-state index in [1.807, 2.05) is 11.8 Å². The lowest BCUT2D eigenvalue weighted by Gasteiger charge is -2.11. The van der Waals surface area contributed by atoms with E-state index in [0.717, 1.165) is 34.2 Å². The van der Waals surface area contributed by atoms with Gasteiger partial charge in [0, 0.05) is 22.6 Å². The number of halogens is 1. The molecule has 98 valence electrons. The van der Waals surface area contributed by atoms with E-state index in [1.54, 1.807) is 0 Å². The van der Waals surface area contributed by atoms with Gasteiger partial charge in [-0.3, -0.25) is 0 Å². The van der Waals surface area contributed by atoms with Crippen molar-refractivity contribution in [1.82, 2.24) is 9.97 Å². The molecule has 4 heteroatoms. The number of thioether (sulfide) groups is 1. The molecule has 1 aromatic carbocycles. The smallest absolute Gasteiger partial charge is 0.161 e. The Morgan fingerprint density at radius 1 is 1.05 bits per heavy atom. The van der Waals surface area contributed by atoms with Crippen LogP contribution in [0, 0.1) is 20.8 Å². The quantitative estimate of drug-likeness (QED) is 0.725. The molecule has 1 aromatic heterocycles. The van der Waals surface area contributed by atoms with Crippen LogP contribution in [-0.4, -0.2) is 9.97 Å². The van der Waals surface area contributed by atoms with Crippen molar-refractivity contribution in [1.29, 1.82) is 0 Å². The van der Waals surface area contributed by atoms with E-state index < -0.39 is 0 Å². The van der Waals surface area contributed by atoms with Crippen LogP contribution < -0.4 is 0 Å². The fraction of sp³-hybridized carbons (Fsp3) is 0.333. The minimum Gasteiger partial charge on any atom is -0.232 e. The van der Waals surface area contributed by atoms with Crippen LogP contribution in [0.15, 0.2) is 12.1 Å². The highest BCUT2D eigenvalue weighted by Gasteiger charge is 2.20. The zero-order chi connectivity index (χ0) is 13.6. The summed E-state index contributed by atoms with van der Waals surface area (Å²) in [5, 5.41) is 0.615. The summed E-state index contributed by atoms with van der Waals surface area (Å²) in [6, 6.07) is 4.34. The highest BCUT2D eigenvalue weighted by Crippen LogP contribution is 2.35. The molecule has 0 saturated carbocycles. The predicted molar refractivity (Wildman–Crippen MR) is 81.7 cm³/mol. The summed E-state index contributed by atoms with van der Waals surface area (Å²) in [4.78, 5) is 9.23. The average molecular weight is 291 g/mol. The van der Waals surface area contributed by atoms with E-state index in [-0.39, 0.29) is 0 Å². The molecule has 0 N–H and O–H groups in total. The van der Waals surface area contributed by atoms with E-state index in [4.69, 9.17) is 16.6 Å². The number of aromatic nitrogens is 2. The van der Waals surface area contributed by atoms with Gasteiger partial charge in [-0.25, -0.2) is 9.97 Å². The lowest BCUT2D eigenvalue weighted by atomic mass is 9.99. The van der Waals surface area contributed by atoms with Crippen molar-refractivity contribution in [2.75, 3.05) is 0 Å². The standard InChI is InChI=1S/C15H15ClN2S/c1-8-4-9(2)13(10(3)5-8)15-17-12-7-19-6-11(12)14(16)18-15/h4-5H,6-7H2,1-3H3. The van der Waals surface area contributed by atoms with Crippen LogP contribution >= 0.6 is 23.4 Å². The maximum absolute atomic E-state index is 6.30. The van der Waals surface area contributed by atoms with Gasteiger partial charge in [0.05, 0.1) is 5.69 Å². The van der Waals surface area contributed by atoms with Crippen LogP contribution in [0.4, 0.5) is 0 Å². The number of hydrogen-bond donors (Lipinski definition) is 0. The molecule has 3 rings (SSSR count). The molecule has 0 amide bonds. The molecule has 0 spiro atoms. The molecule has 1 aliphatic rings. The third kappa shape index (κ3) is 2.26. The maximum Gasteiger partial charge on any atom is 0.161 e. The first-order valence-corrected chi connectivity index (χ1v) is 7.81. The van der Waals surface area contributed by atoms with Crippen molar-refractivity contribution in [3.8, 4) is 11.4 Å². The summed E-state index contributed by atoms with van der Waals surface area (Å²) in [6.07, 6.45) is 0. The van der Waals surface area contributed by atoms with E-state index in [2.05, 4.69) is 37.9 Å². The van der Waals surface area contributed by atoms with Gasteiger partial charge in [-0.05, 0) is 31.9 Å². The number of aryl methyl sites for hydroxylation is 3. The topological polar surface area (TPSA) is 25.8 Å². The molecule has 0 atom stereocenters. The summed E-state index contributed by atoms with van der Waals surface area (Å²) < 4.78 is 0. The monoisotopic (exact) mass is 290 g/mol. The number of benzene rings is 1. The van der Waals surface area contributed by atoms with Gasteiger partial charge in [0.15, 0.2) is 5.82 Å². The first-order valence-electron chi connectivity index (χ1n) is 6.27. The molecule has 1 aliphatic heterocycles. The largest absolute Gasteiger partial charge is 0.232 e. The Labute approximate surface area is 122 Å². The number of fused-ring (bicyclic) bond motifs is 1. The normalized spacial score (nSPS) is 13.7. The van der Waals surface area contributed by atoms with Crippen LogP contribution in [0.2, 0.25) is 5.15 Å². The van der Waals surface area contributed by atoms with Gasteiger partial charge in [-0.15, -0.1) is 0 Å². The zero-order valence-electron chi connectivity index (χ0n) is 11.2. The van der Waals surface area contributed by atoms with Gasteiger partial charge in [-0.2, -0.15) is 11.8 Å². The Morgan fingerprint density at radius 3 is 2.42 bits per heavy atom. The fourth-order valence-electron chi connectivity index (χ4n) is 2.66. The summed E-state index contributed by atoms with van der Waals surface area (Å²) in [5.41, 5.74) is 7.00. The summed E-state index contributed by atoms with van der Waals surface area (Å²) in [7, 11) is 0. The number of nitrogens with zero attached hydrogens (tertiary/aromatic N) is 2. The van der Waals surface area contributed by atoms with Crippen LogP contribution in [0.1, 0.15) is 27.9 Å². The van der Waals surface area contributed by atoms with Crippen molar-refractivity contribution in [2.45, 2.75) is 32.3 Å². The SMILES string of the molecule is Cc1cc(C)c(-c2nc(Cl)c3c(n2)CSC3)c(C)c1. The van der Waals surface area contributed by atoms with Gasteiger partial charge in [-0.1, -0.05) is 29.3 Å². The van der Waals surface area contributed by atoms with Gasteiger partial charge in [0.1, 0.15) is 5.15 Å². The van der Waals surface area contributed by atoms with Gasteiger partial charge in [0.2, 0.25) is 0 Å². The number of hydrogen-bond acceptors (Lipinski definition) is 3. The predicted octanol–water partition coefficient (Wildman–Crippen LogP) is 4.47.